The number of aromatic nitrogens is 2. The number of benzene rings is 1. The van der Waals surface area contributed by atoms with Gasteiger partial charge in [0.05, 0.1) is 5.75 Å². The van der Waals surface area contributed by atoms with Gasteiger partial charge in [0.25, 0.3) is 0 Å². The van der Waals surface area contributed by atoms with Crippen molar-refractivity contribution in [1.29, 1.82) is 0 Å². The summed E-state index contributed by atoms with van der Waals surface area (Å²) in [4.78, 5) is 0. The molecule has 0 amide bonds. The number of nitrogens with two attached hydrogens (primary N) is 1. The van der Waals surface area contributed by atoms with Gasteiger partial charge in [-0.25, -0.2) is 8.42 Å². The summed E-state index contributed by atoms with van der Waals surface area (Å²) in [6.07, 6.45) is 0. The third-order valence-corrected chi connectivity index (χ3v) is 5.16. The van der Waals surface area contributed by atoms with Crippen molar-refractivity contribution >= 4 is 26.3 Å². The molecule has 0 saturated heterocycles. The second-order valence-corrected chi connectivity index (χ2v) is 6.76. The highest BCUT2D eigenvalue weighted by Crippen LogP contribution is 2.22. The summed E-state index contributed by atoms with van der Waals surface area (Å²) >= 11 is 0.887. The second kappa shape index (κ2) is 4.42. The molecule has 7 heteroatoms. The Morgan fingerprint density at radius 1 is 1.29 bits per heavy atom. The van der Waals surface area contributed by atoms with Crippen LogP contribution >= 0.6 is 11.3 Å². The quantitative estimate of drug-likeness (QED) is 0.910. The van der Waals surface area contributed by atoms with Gasteiger partial charge in [0.1, 0.15) is 0 Å². The van der Waals surface area contributed by atoms with Gasteiger partial charge in [-0.1, -0.05) is 35.6 Å². The van der Waals surface area contributed by atoms with E-state index in [1.807, 2.05) is 25.1 Å². The van der Waals surface area contributed by atoms with E-state index in [9.17, 15) is 8.42 Å². The molecule has 90 valence electrons. The number of sulfone groups is 1. The molecule has 0 aliphatic carbocycles. The van der Waals surface area contributed by atoms with E-state index in [1.54, 1.807) is 6.07 Å². The summed E-state index contributed by atoms with van der Waals surface area (Å²) < 4.78 is 24.0. The zero-order valence-corrected chi connectivity index (χ0v) is 10.8. The first-order valence-electron chi connectivity index (χ1n) is 4.85. The molecule has 2 aromatic rings. The van der Waals surface area contributed by atoms with Crippen molar-refractivity contribution in [1.82, 2.24) is 10.2 Å². The monoisotopic (exact) mass is 269 g/mol. The predicted molar refractivity (Wildman–Crippen MR) is 66.4 cm³/mol. The van der Waals surface area contributed by atoms with Crippen molar-refractivity contribution in [3.63, 3.8) is 0 Å². The van der Waals surface area contributed by atoms with E-state index in [0.29, 0.717) is 0 Å². The van der Waals surface area contributed by atoms with Crippen LogP contribution in [0, 0.1) is 6.92 Å². The van der Waals surface area contributed by atoms with Crippen LogP contribution in [0.25, 0.3) is 0 Å². The Bertz CT molecular complexity index is 635. The molecule has 0 spiro atoms. The van der Waals surface area contributed by atoms with Crippen LogP contribution in [0.3, 0.4) is 0 Å². The molecule has 0 aliphatic heterocycles. The SMILES string of the molecule is Cc1ccccc1CS(=O)(=O)c1nnc(N)s1. The number of hydrogen-bond acceptors (Lipinski definition) is 6. The zero-order valence-electron chi connectivity index (χ0n) is 9.12. The third-order valence-electron chi connectivity index (χ3n) is 2.29. The Balaban J connectivity index is 2.33. The fourth-order valence-corrected chi connectivity index (χ4v) is 3.69. The summed E-state index contributed by atoms with van der Waals surface area (Å²) in [5.74, 6) is -0.0751. The molecule has 1 aromatic heterocycles. The summed E-state index contributed by atoms with van der Waals surface area (Å²) in [7, 11) is -3.45. The standard InChI is InChI=1S/C10H11N3O2S2/c1-7-4-2-3-5-8(7)6-17(14,15)10-13-12-9(11)16-10/h2-5H,6H2,1H3,(H2,11,12). The van der Waals surface area contributed by atoms with Crippen LogP contribution in [0.1, 0.15) is 11.1 Å². The van der Waals surface area contributed by atoms with Crippen LogP contribution in [0.15, 0.2) is 28.6 Å². The average Bonchev–Trinajstić information content (AvgIpc) is 2.69. The summed E-state index contributed by atoms with van der Waals surface area (Å²) in [6.45, 7) is 1.87. The van der Waals surface area contributed by atoms with E-state index in [-0.39, 0.29) is 15.2 Å². The van der Waals surface area contributed by atoms with Gasteiger partial charge in [-0.15, -0.1) is 10.2 Å². The minimum Gasteiger partial charge on any atom is -0.374 e. The van der Waals surface area contributed by atoms with Crippen LogP contribution in [-0.2, 0) is 15.6 Å². The van der Waals surface area contributed by atoms with Gasteiger partial charge in [-0.3, -0.25) is 0 Å². The highest BCUT2D eigenvalue weighted by molar-refractivity contribution is 7.92. The minimum atomic E-state index is -3.45. The highest BCUT2D eigenvalue weighted by atomic mass is 32.2. The smallest absolute Gasteiger partial charge is 0.234 e. The molecule has 0 unspecified atom stereocenters. The van der Waals surface area contributed by atoms with Crippen molar-refractivity contribution in [2.45, 2.75) is 17.0 Å². The van der Waals surface area contributed by atoms with E-state index in [4.69, 9.17) is 5.73 Å². The van der Waals surface area contributed by atoms with E-state index >= 15 is 0 Å². The summed E-state index contributed by atoms with van der Waals surface area (Å²) in [5, 5.41) is 7.24. The largest absolute Gasteiger partial charge is 0.374 e. The number of anilines is 1. The van der Waals surface area contributed by atoms with Gasteiger partial charge in [0, 0.05) is 0 Å². The lowest BCUT2D eigenvalue weighted by Crippen LogP contribution is -2.05. The van der Waals surface area contributed by atoms with E-state index in [1.165, 1.54) is 0 Å². The van der Waals surface area contributed by atoms with E-state index in [0.717, 1.165) is 22.5 Å². The van der Waals surface area contributed by atoms with Crippen molar-refractivity contribution in [2.75, 3.05) is 5.73 Å². The Hall–Kier alpha value is -1.47. The maximum absolute atomic E-state index is 12.0. The van der Waals surface area contributed by atoms with Gasteiger partial charge < -0.3 is 5.73 Å². The lowest BCUT2D eigenvalue weighted by molar-refractivity contribution is 0.593. The molecule has 0 atom stereocenters. The summed E-state index contributed by atoms with van der Waals surface area (Å²) in [5.41, 5.74) is 7.08. The second-order valence-electron chi connectivity index (χ2n) is 3.59. The highest BCUT2D eigenvalue weighted by Gasteiger charge is 2.21. The molecule has 0 bridgehead atoms. The average molecular weight is 269 g/mol. The molecule has 5 nitrogen and oxygen atoms in total. The van der Waals surface area contributed by atoms with Gasteiger partial charge in [-0.05, 0) is 18.1 Å². The summed E-state index contributed by atoms with van der Waals surface area (Å²) in [6, 6.07) is 7.34. The van der Waals surface area contributed by atoms with Crippen LogP contribution in [0.5, 0.6) is 0 Å². The molecule has 0 radical (unpaired) electrons. The van der Waals surface area contributed by atoms with Crippen molar-refractivity contribution in [3.8, 4) is 0 Å². The Morgan fingerprint density at radius 3 is 2.59 bits per heavy atom. The van der Waals surface area contributed by atoms with E-state index < -0.39 is 9.84 Å². The van der Waals surface area contributed by atoms with Crippen LogP contribution in [0.4, 0.5) is 5.13 Å². The first kappa shape index (κ1) is 12.0. The topological polar surface area (TPSA) is 85.9 Å². The van der Waals surface area contributed by atoms with E-state index in [2.05, 4.69) is 10.2 Å². The zero-order chi connectivity index (χ0) is 12.5. The molecule has 1 aromatic carbocycles. The Kier molecular flexibility index (Phi) is 3.12. The van der Waals surface area contributed by atoms with Gasteiger partial charge in [0.2, 0.25) is 19.3 Å². The molecule has 2 rings (SSSR count). The first-order valence-corrected chi connectivity index (χ1v) is 7.32. The van der Waals surface area contributed by atoms with Crippen molar-refractivity contribution < 1.29 is 8.42 Å². The number of aryl methyl sites for hydroxylation is 1. The van der Waals surface area contributed by atoms with Gasteiger partial charge >= 0.3 is 0 Å². The molecular formula is C10H11N3O2S2. The minimum absolute atomic E-state index is 0.0294. The Labute approximate surface area is 103 Å². The number of nitrogen functional groups attached to an aromatic ring is 1. The molecule has 0 fully saturated rings. The van der Waals surface area contributed by atoms with Crippen LogP contribution < -0.4 is 5.73 Å². The molecule has 0 saturated carbocycles. The van der Waals surface area contributed by atoms with Gasteiger partial charge in [0.15, 0.2) is 0 Å². The number of rotatable bonds is 3. The van der Waals surface area contributed by atoms with Gasteiger partial charge in [-0.2, -0.15) is 0 Å². The molecule has 1 heterocycles. The molecule has 2 N–H and O–H groups in total. The fourth-order valence-electron chi connectivity index (χ4n) is 1.38. The lowest BCUT2D eigenvalue weighted by Gasteiger charge is -2.04. The Morgan fingerprint density at radius 2 is 2.00 bits per heavy atom. The predicted octanol–water partition coefficient (Wildman–Crippen LogP) is 1.40. The number of nitrogens with zero attached hydrogens (tertiary/aromatic N) is 2. The van der Waals surface area contributed by atoms with Crippen molar-refractivity contribution in [2.24, 2.45) is 0 Å². The maximum atomic E-state index is 12.0. The fraction of sp³-hybridized carbons (Fsp3) is 0.200. The van der Waals surface area contributed by atoms with Crippen molar-refractivity contribution in [3.05, 3.63) is 35.4 Å². The molecule has 0 aliphatic rings. The maximum Gasteiger partial charge on any atom is 0.234 e. The van der Waals surface area contributed by atoms with Crippen LogP contribution in [0.2, 0.25) is 0 Å². The molecule has 17 heavy (non-hydrogen) atoms. The molecular weight excluding hydrogens is 258 g/mol. The lowest BCUT2D eigenvalue weighted by atomic mass is 10.1. The normalized spacial score (nSPS) is 11.6. The van der Waals surface area contributed by atoms with Crippen LogP contribution in [-0.4, -0.2) is 18.6 Å². The third kappa shape index (κ3) is 2.62. The first-order chi connectivity index (χ1) is 7.99. The number of hydrogen-bond donors (Lipinski definition) is 1.